The summed E-state index contributed by atoms with van der Waals surface area (Å²) in [6.07, 6.45) is 0.401. The largest absolute Gasteiger partial charge is 0.480 e. The number of carboxylic acids is 1. The average molecular weight is 339 g/mol. The molecule has 1 aromatic heterocycles. The highest BCUT2D eigenvalue weighted by Crippen LogP contribution is 2.32. The first kappa shape index (κ1) is 17.1. The minimum Gasteiger partial charge on any atom is -0.480 e. The number of nitrogens with two attached hydrogens (primary N) is 1. The van der Waals surface area contributed by atoms with Crippen molar-refractivity contribution in [3.8, 4) is 0 Å². The van der Waals surface area contributed by atoms with Crippen molar-refractivity contribution < 1.29 is 14.7 Å². The summed E-state index contributed by atoms with van der Waals surface area (Å²) in [5.41, 5.74) is 7.71. The summed E-state index contributed by atoms with van der Waals surface area (Å²) in [5, 5.41) is 9.55. The average Bonchev–Trinajstić information content (AvgIpc) is 3.07. The van der Waals surface area contributed by atoms with E-state index in [4.69, 9.17) is 5.73 Å². The maximum Gasteiger partial charge on any atom is 0.326 e. The molecule has 3 atom stereocenters. The number of carboxylic acid groups (broad SMARTS) is 1. The zero-order valence-electron chi connectivity index (χ0n) is 14.0. The highest BCUT2D eigenvalue weighted by atomic mass is 16.4. The molecule has 1 aromatic carbocycles. The van der Waals surface area contributed by atoms with Crippen LogP contribution < -0.4 is 5.73 Å². The minimum atomic E-state index is -0.991. The summed E-state index contributed by atoms with van der Waals surface area (Å²) in [4.78, 5) is 30.2. The van der Waals surface area contributed by atoms with Crippen LogP contribution in [-0.2, 0) is 4.79 Å². The third-order valence-electron chi connectivity index (χ3n) is 4.57. The maximum absolute atomic E-state index is 12.9. The van der Waals surface area contributed by atoms with Crippen LogP contribution in [0.3, 0.4) is 0 Å². The van der Waals surface area contributed by atoms with Crippen molar-refractivity contribution in [2.75, 3.05) is 6.54 Å². The summed E-state index contributed by atoms with van der Waals surface area (Å²) in [7, 11) is 0. The second-order valence-electron chi connectivity index (χ2n) is 6.39. The molecule has 3 N–H and O–H groups in total. The van der Waals surface area contributed by atoms with Gasteiger partial charge in [-0.05, 0) is 31.0 Å². The fraction of sp³-hybridized carbons (Fsp3) is 0.316. The van der Waals surface area contributed by atoms with Gasteiger partial charge < -0.3 is 15.7 Å². The quantitative estimate of drug-likeness (QED) is 0.890. The number of pyridine rings is 1. The van der Waals surface area contributed by atoms with Gasteiger partial charge in [-0.2, -0.15) is 0 Å². The number of rotatable bonds is 4. The van der Waals surface area contributed by atoms with Gasteiger partial charge in [0, 0.05) is 18.5 Å². The maximum atomic E-state index is 12.9. The van der Waals surface area contributed by atoms with Crippen molar-refractivity contribution in [3.05, 3.63) is 65.5 Å². The van der Waals surface area contributed by atoms with E-state index in [1.165, 1.54) is 4.90 Å². The SMILES string of the molecule is CC(N)c1cccc(C(=O)N2CC(c3ccccc3)CC2C(=O)O)n1. The van der Waals surface area contributed by atoms with E-state index in [1.54, 1.807) is 25.1 Å². The summed E-state index contributed by atoms with van der Waals surface area (Å²) in [6, 6.07) is 13.6. The lowest BCUT2D eigenvalue weighted by Gasteiger charge is -2.21. The molecule has 1 amide bonds. The lowest BCUT2D eigenvalue weighted by Crippen LogP contribution is -2.40. The van der Waals surface area contributed by atoms with Crippen molar-refractivity contribution in [1.82, 2.24) is 9.88 Å². The minimum absolute atomic E-state index is 0.00265. The summed E-state index contributed by atoms with van der Waals surface area (Å²) in [6.45, 7) is 2.15. The Morgan fingerprint density at radius 2 is 1.92 bits per heavy atom. The fourth-order valence-corrected chi connectivity index (χ4v) is 3.23. The van der Waals surface area contributed by atoms with E-state index in [2.05, 4.69) is 4.98 Å². The van der Waals surface area contributed by atoms with Crippen molar-refractivity contribution in [2.24, 2.45) is 5.73 Å². The first-order valence-electron chi connectivity index (χ1n) is 8.28. The van der Waals surface area contributed by atoms with Crippen LogP contribution in [0.1, 0.15) is 47.1 Å². The number of aromatic nitrogens is 1. The molecule has 3 unspecified atom stereocenters. The first-order chi connectivity index (χ1) is 12.0. The third-order valence-corrected chi connectivity index (χ3v) is 4.57. The molecule has 1 fully saturated rings. The molecule has 6 nitrogen and oxygen atoms in total. The standard InChI is InChI=1S/C19H21N3O3/c1-12(20)15-8-5-9-16(21-15)18(23)22-11-14(10-17(22)19(24)25)13-6-3-2-4-7-13/h2-9,12,14,17H,10-11,20H2,1H3,(H,24,25). The molecule has 1 aliphatic heterocycles. The summed E-state index contributed by atoms with van der Waals surface area (Å²) >= 11 is 0. The predicted molar refractivity (Wildman–Crippen MR) is 93.1 cm³/mol. The lowest BCUT2D eigenvalue weighted by atomic mass is 9.96. The number of hydrogen-bond acceptors (Lipinski definition) is 4. The van der Waals surface area contributed by atoms with Crippen LogP contribution in [0.25, 0.3) is 0 Å². The summed E-state index contributed by atoms with van der Waals surface area (Å²) in [5.74, 6) is -1.36. The highest BCUT2D eigenvalue weighted by Gasteiger charge is 2.40. The van der Waals surface area contributed by atoms with E-state index in [0.717, 1.165) is 5.56 Å². The van der Waals surface area contributed by atoms with E-state index in [-0.39, 0.29) is 23.6 Å². The molecular weight excluding hydrogens is 318 g/mol. The molecule has 6 heteroatoms. The molecule has 0 aliphatic carbocycles. The van der Waals surface area contributed by atoms with Gasteiger partial charge in [-0.25, -0.2) is 9.78 Å². The molecule has 2 heterocycles. The van der Waals surface area contributed by atoms with E-state index in [9.17, 15) is 14.7 Å². The second kappa shape index (κ2) is 7.03. The molecule has 3 rings (SSSR count). The Labute approximate surface area is 146 Å². The van der Waals surface area contributed by atoms with Crippen LogP contribution in [0.4, 0.5) is 0 Å². The van der Waals surface area contributed by atoms with Crippen LogP contribution in [0.5, 0.6) is 0 Å². The highest BCUT2D eigenvalue weighted by molar-refractivity contribution is 5.95. The molecule has 130 valence electrons. The van der Waals surface area contributed by atoms with Gasteiger partial charge >= 0.3 is 5.97 Å². The molecule has 0 saturated carbocycles. The Morgan fingerprint density at radius 1 is 1.20 bits per heavy atom. The number of carbonyl (C=O) groups is 2. The molecule has 2 aromatic rings. The number of hydrogen-bond donors (Lipinski definition) is 2. The van der Waals surface area contributed by atoms with Gasteiger partial charge in [-0.15, -0.1) is 0 Å². The van der Waals surface area contributed by atoms with Gasteiger partial charge in [0.15, 0.2) is 0 Å². The molecule has 25 heavy (non-hydrogen) atoms. The Hall–Kier alpha value is -2.73. The Balaban J connectivity index is 1.87. The smallest absolute Gasteiger partial charge is 0.326 e. The van der Waals surface area contributed by atoms with E-state index >= 15 is 0 Å². The number of amides is 1. The molecular formula is C19H21N3O3. The molecule has 1 aliphatic rings. The van der Waals surface area contributed by atoms with E-state index in [1.807, 2.05) is 30.3 Å². The number of benzene rings is 1. The van der Waals surface area contributed by atoms with E-state index in [0.29, 0.717) is 18.7 Å². The van der Waals surface area contributed by atoms with Crippen LogP contribution in [0.2, 0.25) is 0 Å². The molecule has 0 spiro atoms. The van der Waals surface area contributed by atoms with Crippen molar-refractivity contribution in [2.45, 2.75) is 31.3 Å². The third kappa shape index (κ3) is 3.53. The normalized spacial score (nSPS) is 21.1. The number of carbonyl (C=O) groups excluding carboxylic acids is 1. The topological polar surface area (TPSA) is 96.5 Å². The van der Waals surface area contributed by atoms with Gasteiger partial charge in [0.1, 0.15) is 11.7 Å². The summed E-state index contributed by atoms with van der Waals surface area (Å²) < 4.78 is 0. The van der Waals surface area contributed by atoms with Gasteiger partial charge in [-0.3, -0.25) is 4.79 Å². The Bertz CT molecular complexity index is 776. The van der Waals surface area contributed by atoms with Gasteiger partial charge in [0.25, 0.3) is 5.91 Å². The molecule has 0 bridgehead atoms. The van der Waals surface area contributed by atoms with Gasteiger partial charge in [0.05, 0.1) is 5.69 Å². The van der Waals surface area contributed by atoms with Crippen LogP contribution >= 0.6 is 0 Å². The van der Waals surface area contributed by atoms with Gasteiger partial charge in [-0.1, -0.05) is 36.4 Å². The monoisotopic (exact) mass is 339 g/mol. The van der Waals surface area contributed by atoms with Crippen molar-refractivity contribution in [3.63, 3.8) is 0 Å². The second-order valence-corrected chi connectivity index (χ2v) is 6.39. The van der Waals surface area contributed by atoms with E-state index < -0.39 is 12.0 Å². The number of likely N-dealkylation sites (tertiary alicyclic amines) is 1. The molecule has 1 saturated heterocycles. The van der Waals surface area contributed by atoms with Crippen LogP contribution in [-0.4, -0.2) is 39.5 Å². The number of nitrogens with zero attached hydrogens (tertiary/aromatic N) is 2. The van der Waals surface area contributed by atoms with Crippen molar-refractivity contribution >= 4 is 11.9 Å². The Morgan fingerprint density at radius 3 is 2.56 bits per heavy atom. The predicted octanol–water partition coefficient (Wildman–Crippen LogP) is 2.18. The first-order valence-corrected chi connectivity index (χ1v) is 8.28. The van der Waals surface area contributed by atoms with Crippen molar-refractivity contribution in [1.29, 1.82) is 0 Å². The molecule has 0 radical (unpaired) electrons. The Kier molecular flexibility index (Phi) is 4.81. The lowest BCUT2D eigenvalue weighted by molar-refractivity contribution is -0.141. The van der Waals surface area contributed by atoms with Crippen LogP contribution in [0, 0.1) is 0 Å². The zero-order valence-corrected chi connectivity index (χ0v) is 14.0. The van der Waals surface area contributed by atoms with Crippen LogP contribution in [0.15, 0.2) is 48.5 Å². The number of aliphatic carboxylic acids is 1. The fourth-order valence-electron chi connectivity index (χ4n) is 3.23. The van der Waals surface area contributed by atoms with Gasteiger partial charge in [0.2, 0.25) is 0 Å². The zero-order chi connectivity index (χ0) is 18.0.